The highest BCUT2D eigenvalue weighted by Gasteiger charge is 2.20. The molecule has 11 nitrogen and oxygen atoms in total. The average Bonchev–Trinajstić information content (AvgIpc) is 2.75. The van der Waals surface area contributed by atoms with Crippen LogP contribution in [0.4, 0.5) is 11.4 Å². The summed E-state index contributed by atoms with van der Waals surface area (Å²) in [6, 6.07) is 5.04. The summed E-state index contributed by atoms with van der Waals surface area (Å²) in [4.78, 5) is 35.6. The van der Waals surface area contributed by atoms with Gasteiger partial charge in [0.1, 0.15) is 17.3 Å². The second kappa shape index (κ2) is 10.8. The number of rotatable bonds is 10. The minimum atomic E-state index is -1.36. The van der Waals surface area contributed by atoms with Gasteiger partial charge in [-0.1, -0.05) is 12.8 Å². The van der Waals surface area contributed by atoms with Crippen molar-refractivity contribution in [2.75, 3.05) is 6.54 Å². The van der Waals surface area contributed by atoms with Crippen molar-refractivity contribution in [3.63, 3.8) is 0 Å². The zero-order valence-corrected chi connectivity index (χ0v) is 17.4. The van der Waals surface area contributed by atoms with E-state index in [2.05, 4.69) is 10.2 Å². The first-order valence-corrected chi connectivity index (χ1v) is 9.81. The molecule has 0 spiro atoms. The van der Waals surface area contributed by atoms with Gasteiger partial charge in [0.15, 0.2) is 5.69 Å². The fourth-order valence-corrected chi connectivity index (χ4v) is 3.06. The van der Waals surface area contributed by atoms with Crippen molar-refractivity contribution in [2.45, 2.75) is 39.2 Å². The maximum atomic E-state index is 12.9. The van der Waals surface area contributed by atoms with Crippen molar-refractivity contribution in [3.05, 3.63) is 50.8 Å². The summed E-state index contributed by atoms with van der Waals surface area (Å²) < 4.78 is 1.02. The van der Waals surface area contributed by atoms with Crippen molar-refractivity contribution in [3.8, 4) is 11.9 Å². The molecule has 1 aromatic heterocycles. The van der Waals surface area contributed by atoms with E-state index in [1.807, 2.05) is 6.07 Å². The molecular formula is C21H23N5O6. The molecule has 0 aliphatic heterocycles. The van der Waals surface area contributed by atoms with Gasteiger partial charge in [-0.15, -0.1) is 10.2 Å². The van der Waals surface area contributed by atoms with E-state index in [0.717, 1.165) is 42.0 Å². The molecule has 0 bridgehead atoms. The summed E-state index contributed by atoms with van der Waals surface area (Å²) in [6.07, 6.45) is 3.01. The molecule has 11 heteroatoms. The summed E-state index contributed by atoms with van der Waals surface area (Å²) >= 11 is 0. The number of hydrogen-bond donors (Lipinski definition) is 4. The van der Waals surface area contributed by atoms with Crippen LogP contribution < -0.4 is 11.3 Å². The number of aromatic carboxylic acids is 2. The van der Waals surface area contributed by atoms with Crippen LogP contribution in [-0.4, -0.2) is 38.4 Å². The van der Waals surface area contributed by atoms with E-state index in [9.17, 15) is 29.9 Å². The molecule has 0 radical (unpaired) electrons. The number of aromatic hydroxyl groups is 1. The van der Waals surface area contributed by atoms with Gasteiger partial charge in [0, 0.05) is 12.1 Å². The molecule has 1 heterocycles. The van der Waals surface area contributed by atoms with Gasteiger partial charge in [0.05, 0.1) is 11.1 Å². The number of benzene rings is 1. The molecule has 0 saturated heterocycles. The molecule has 2 rings (SSSR count). The smallest absolute Gasteiger partial charge is 0.337 e. The summed E-state index contributed by atoms with van der Waals surface area (Å²) in [6.45, 7) is 2.10. The van der Waals surface area contributed by atoms with E-state index < -0.39 is 23.4 Å². The van der Waals surface area contributed by atoms with Crippen LogP contribution in [0.1, 0.15) is 57.5 Å². The normalized spacial score (nSPS) is 10.9. The lowest BCUT2D eigenvalue weighted by Crippen LogP contribution is -2.22. The Labute approximate surface area is 183 Å². The fourth-order valence-electron chi connectivity index (χ4n) is 3.06. The third-order valence-corrected chi connectivity index (χ3v) is 4.84. The van der Waals surface area contributed by atoms with Gasteiger partial charge in [-0.25, -0.2) is 9.59 Å². The van der Waals surface area contributed by atoms with Crippen molar-refractivity contribution in [1.29, 1.82) is 5.26 Å². The zero-order valence-electron chi connectivity index (χ0n) is 17.4. The van der Waals surface area contributed by atoms with E-state index in [1.165, 1.54) is 6.92 Å². The molecule has 1 aromatic carbocycles. The first-order chi connectivity index (χ1) is 15.2. The standard InChI is InChI=1S/C21H23N5O6/c1-12-15(11-23)18(27)26(9-5-3-2-4-8-22)19(28)17(12)25-24-16-10-13(20(29)30)6-7-14(16)21(31)32/h6-7,10,27H,2-5,8-9,22H2,1H3,(H,29,30)(H,31,32). The monoisotopic (exact) mass is 441 g/mol. The number of unbranched alkanes of at least 4 members (excludes halogenated alkanes) is 3. The Bertz CT molecular complexity index is 1160. The highest BCUT2D eigenvalue weighted by molar-refractivity contribution is 5.96. The molecule has 5 N–H and O–H groups in total. The Hall–Kier alpha value is -4.04. The van der Waals surface area contributed by atoms with E-state index in [4.69, 9.17) is 10.8 Å². The lowest BCUT2D eigenvalue weighted by atomic mass is 10.1. The third kappa shape index (κ3) is 5.35. The van der Waals surface area contributed by atoms with Crippen LogP contribution in [0.15, 0.2) is 33.2 Å². The van der Waals surface area contributed by atoms with Crippen LogP contribution in [-0.2, 0) is 6.54 Å². The number of aromatic nitrogens is 1. The Morgan fingerprint density at radius 3 is 2.41 bits per heavy atom. The fraction of sp³-hybridized carbons (Fsp3) is 0.333. The quantitative estimate of drug-likeness (QED) is 0.319. The molecule has 168 valence electrons. The number of nitrogens with two attached hydrogens (primary N) is 1. The number of pyridine rings is 1. The predicted molar refractivity (Wildman–Crippen MR) is 114 cm³/mol. The van der Waals surface area contributed by atoms with Crippen molar-refractivity contribution in [2.24, 2.45) is 16.0 Å². The maximum Gasteiger partial charge on any atom is 0.337 e. The van der Waals surface area contributed by atoms with Crippen LogP contribution in [0.25, 0.3) is 0 Å². The van der Waals surface area contributed by atoms with Gasteiger partial charge in [-0.3, -0.25) is 9.36 Å². The van der Waals surface area contributed by atoms with Crippen LogP contribution in [0, 0.1) is 18.3 Å². The summed E-state index contributed by atoms with van der Waals surface area (Å²) in [7, 11) is 0. The van der Waals surface area contributed by atoms with Gasteiger partial charge in [-0.2, -0.15) is 5.26 Å². The molecule has 0 amide bonds. The van der Waals surface area contributed by atoms with Crippen LogP contribution >= 0.6 is 0 Å². The van der Waals surface area contributed by atoms with Gasteiger partial charge < -0.3 is 21.1 Å². The van der Waals surface area contributed by atoms with Gasteiger partial charge in [0.25, 0.3) is 5.56 Å². The highest BCUT2D eigenvalue weighted by atomic mass is 16.4. The van der Waals surface area contributed by atoms with Crippen molar-refractivity contribution in [1.82, 2.24) is 4.57 Å². The molecule has 0 aliphatic carbocycles. The maximum absolute atomic E-state index is 12.9. The minimum Gasteiger partial charge on any atom is -0.493 e. The second-order valence-electron chi connectivity index (χ2n) is 6.99. The molecule has 2 aromatic rings. The second-order valence-corrected chi connectivity index (χ2v) is 6.99. The van der Waals surface area contributed by atoms with Crippen LogP contribution in [0.5, 0.6) is 5.88 Å². The molecule has 0 aliphatic rings. The average molecular weight is 441 g/mol. The Balaban J connectivity index is 2.53. The summed E-state index contributed by atoms with van der Waals surface area (Å²) in [5, 5.41) is 45.9. The minimum absolute atomic E-state index is 0.0735. The molecule has 32 heavy (non-hydrogen) atoms. The summed E-state index contributed by atoms with van der Waals surface area (Å²) in [5.41, 5.74) is 3.64. The lowest BCUT2D eigenvalue weighted by molar-refractivity contribution is 0.0682. The van der Waals surface area contributed by atoms with Crippen LogP contribution in [0.2, 0.25) is 0 Å². The number of carbonyl (C=O) groups is 2. The van der Waals surface area contributed by atoms with Crippen LogP contribution in [0.3, 0.4) is 0 Å². The lowest BCUT2D eigenvalue weighted by Gasteiger charge is -2.13. The highest BCUT2D eigenvalue weighted by Crippen LogP contribution is 2.28. The Kier molecular flexibility index (Phi) is 8.20. The summed E-state index contributed by atoms with van der Waals surface area (Å²) in [5.74, 6) is -3.12. The Morgan fingerprint density at radius 2 is 1.81 bits per heavy atom. The van der Waals surface area contributed by atoms with E-state index in [-0.39, 0.29) is 40.2 Å². The molecule has 0 unspecified atom stereocenters. The predicted octanol–water partition coefficient (Wildman–Crippen LogP) is 3.06. The van der Waals surface area contributed by atoms with Gasteiger partial charge in [0.2, 0.25) is 5.88 Å². The number of nitriles is 1. The van der Waals surface area contributed by atoms with E-state index >= 15 is 0 Å². The number of azo groups is 1. The number of carboxylic acid groups (broad SMARTS) is 2. The molecule has 0 saturated carbocycles. The van der Waals surface area contributed by atoms with Gasteiger partial charge in [-0.05, 0) is 44.5 Å². The first-order valence-electron chi connectivity index (χ1n) is 9.81. The molecular weight excluding hydrogens is 418 g/mol. The largest absolute Gasteiger partial charge is 0.493 e. The number of carboxylic acids is 2. The Morgan fingerprint density at radius 1 is 1.12 bits per heavy atom. The SMILES string of the molecule is Cc1c(C#N)c(O)n(CCCCCCN)c(=O)c1N=Nc1cc(C(=O)O)ccc1C(=O)O. The number of nitrogens with zero attached hydrogens (tertiary/aromatic N) is 4. The van der Waals surface area contributed by atoms with Crippen molar-refractivity contribution < 1.29 is 24.9 Å². The zero-order chi connectivity index (χ0) is 23.8. The number of hydrogen-bond acceptors (Lipinski definition) is 8. The molecule has 0 atom stereocenters. The van der Waals surface area contributed by atoms with E-state index in [1.54, 1.807) is 0 Å². The third-order valence-electron chi connectivity index (χ3n) is 4.84. The van der Waals surface area contributed by atoms with Crippen molar-refractivity contribution >= 4 is 23.3 Å². The first kappa shape index (κ1) is 24.2. The van der Waals surface area contributed by atoms with Gasteiger partial charge >= 0.3 is 11.9 Å². The van der Waals surface area contributed by atoms with E-state index in [0.29, 0.717) is 13.0 Å². The topological polar surface area (TPSA) is 191 Å². The molecule has 0 fully saturated rings.